The molecule has 0 saturated carbocycles. The number of nitrogens with zero attached hydrogens (tertiary/aromatic N) is 1. The number of carbonyl (C=O) groups is 3. The van der Waals surface area contributed by atoms with Gasteiger partial charge in [-0.25, -0.2) is 0 Å². The molecule has 2 aromatic carbocycles. The highest BCUT2D eigenvalue weighted by Gasteiger charge is 2.15. The minimum atomic E-state index is -0.383. The molecule has 6 nitrogen and oxygen atoms in total. The predicted molar refractivity (Wildman–Crippen MR) is 108 cm³/mol. The second kappa shape index (κ2) is 9.99. The van der Waals surface area contributed by atoms with Crippen molar-refractivity contribution in [2.75, 3.05) is 31.7 Å². The second-order valence-electron chi connectivity index (χ2n) is 5.69. The first-order valence-corrected chi connectivity index (χ1v) is 9.71. The molecule has 0 aliphatic carbocycles. The van der Waals surface area contributed by atoms with E-state index in [1.165, 1.54) is 23.7 Å². The molecule has 2 rings (SSSR count). The lowest BCUT2D eigenvalue weighted by molar-refractivity contribution is -0.132. The van der Waals surface area contributed by atoms with Gasteiger partial charge in [0.1, 0.15) is 0 Å². The minimum absolute atomic E-state index is 0.113. The average molecular weight is 406 g/mol. The number of rotatable bonds is 7. The number of carbonyl (C=O) groups excluding carboxylic acids is 3. The number of hydrogen-bond donors (Lipinski definition) is 2. The van der Waals surface area contributed by atoms with Gasteiger partial charge < -0.3 is 15.5 Å². The van der Waals surface area contributed by atoms with Crippen molar-refractivity contribution in [3.05, 3.63) is 59.1 Å². The van der Waals surface area contributed by atoms with Gasteiger partial charge in [0.05, 0.1) is 18.8 Å². The first-order valence-electron chi connectivity index (χ1n) is 8.11. The standard InChI is InChI=1S/C19H20ClN3O3S/c1-23(12-17(24)22-15-5-3-4-6-16(15)27-2)18(25)11-21-19(26)13-7-9-14(20)10-8-13/h3-10H,11-12H2,1-2H3,(H,21,26)(H,22,24). The zero-order valence-corrected chi connectivity index (χ0v) is 16.6. The number of hydrogen-bond acceptors (Lipinski definition) is 4. The predicted octanol–water partition coefficient (Wildman–Crippen LogP) is 2.89. The van der Waals surface area contributed by atoms with Crippen LogP contribution in [-0.2, 0) is 9.59 Å². The van der Waals surface area contributed by atoms with Crippen LogP contribution in [0.5, 0.6) is 0 Å². The highest BCUT2D eigenvalue weighted by atomic mass is 35.5. The fraction of sp³-hybridized carbons (Fsp3) is 0.211. The van der Waals surface area contributed by atoms with E-state index in [-0.39, 0.29) is 30.8 Å². The van der Waals surface area contributed by atoms with Gasteiger partial charge >= 0.3 is 0 Å². The quantitative estimate of drug-likeness (QED) is 0.694. The van der Waals surface area contributed by atoms with E-state index in [4.69, 9.17) is 11.6 Å². The number of likely N-dealkylation sites (N-methyl/N-ethyl adjacent to an activating group) is 1. The smallest absolute Gasteiger partial charge is 0.251 e. The maximum Gasteiger partial charge on any atom is 0.251 e. The minimum Gasteiger partial charge on any atom is -0.343 e. The molecule has 0 bridgehead atoms. The maximum atomic E-state index is 12.2. The van der Waals surface area contributed by atoms with Crippen LogP contribution in [0.25, 0.3) is 0 Å². The van der Waals surface area contributed by atoms with Gasteiger partial charge in [-0.05, 0) is 42.7 Å². The molecule has 2 aromatic rings. The molecule has 2 N–H and O–H groups in total. The third-order valence-corrected chi connectivity index (χ3v) is 4.74. The fourth-order valence-electron chi connectivity index (χ4n) is 2.24. The molecule has 0 radical (unpaired) electrons. The summed E-state index contributed by atoms with van der Waals surface area (Å²) in [6, 6.07) is 13.8. The summed E-state index contributed by atoms with van der Waals surface area (Å²) in [5.41, 5.74) is 1.10. The maximum absolute atomic E-state index is 12.2. The van der Waals surface area contributed by atoms with Crippen molar-refractivity contribution in [1.82, 2.24) is 10.2 Å². The Morgan fingerprint density at radius 2 is 1.74 bits per heavy atom. The third kappa shape index (κ3) is 6.30. The number of nitrogens with one attached hydrogen (secondary N) is 2. The van der Waals surface area contributed by atoms with Crippen molar-refractivity contribution in [3.63, 3.8) is 0 Å². The van der Waals surface area contributed by atoms with Gasteiger partial charge in [0.2, 0.25) is 11.8 Å². The van der Waals surface area contributed by atoms with Crippen molar-refractivity contribution >= 4 is 46.8 Å². The molecule has 0 aliphatic rings. The summed E-state index contributed by atoms with van der Waals surface area (Å²) in [6.07, 6.45) is 1.92. The largest absolute Gasteiger partial charge is 0.343 e. The molecule has 0 fully saturated rings. The van der Waals surface area contributed by atoms with Crippen molar-refractivity contribution in [2.45, 2.75) is 4.90 Å². The molecule has 0 aliphatic heterocycles. The molecule has 0 spiro atoms. The van der Waals surface area contributed by atoms with Crippen LogP contribution in [0.4, 0.5) is 5.69 Å². The normalized spacial score (nSPS) is 10.2. The van der Waals surface area contributed by atoms with Crippen LogP contribution >= 0.6 is 23.4 Å². The van der Waals surface area contributed by atoms with Crippen molar-refractivity contribution < 1.29 is 14.4 Å². The van der Waals surface area contributed by atoms with Crippen LogP contribution in [-0.4, -0.2) is 49.0 Å². The lowest BCUT2D eigenvalue weighted by Gasteiger charge is -2.18. The van der Waals surface area contributed by atoms with E-state index in [9.17, 15) is 14.4 Å². The summed E-state index contributed by atoms with van der Waals surface area (Å²) in [5, 5.41) is 5.85. The zero-order chi connectivity index (χ0) is 19.8. The molecule has 8 heteroatoms. The van der Waals surface area contributed by atoms with Crippen LogP contribution < -0.4 is 10.6 Å². The Balaban J connectivity index is 1.83. The average Bonchev–Trinajstić information content (AvgIpc) is 2.66. The number of amides is 3. The van der Waals surface area contributed by atoms with Gasteiger partial charge in [-0.3, -0.25) is 14.4 Å². The van der Waals surface area contributed by atoms with Gasteiger partial charge in [-0.1, -0.05) is 23.7 Å². The van der Waals surface area contributed by atoms with Gasteiger partial charge in [0, 0.05) is 22.5 Å². The van der Waals surface area contributed by atoms with Crippen LogP contribution in [0.3, 0.4) is 0 Å². The number of thioether (sulfide) groups is 1. The Bertz CT molecular complexity index is 827. The first-order chi connectivity index (χ1) is 12.9. The monoisotopic (exact) mass is 405 g/mol. The van der Waals surface area contributed by atoms with Crippen molar-refractivity contribution in [3.8, 4) is 0 Å². The van der Waals surface area contributed by atoms with Crippen LogP contribution in [0.15, 0.2) is 53.4 Å². The van der Waals surface area contributed by atoms with E-state index < -0.39 is 0 Å². The Kier molecular flexibility index (Phi) is 7.69. The molecule has 0 saturated heterocycles. The summed E-state index contributed by atoms with van der Waals surface area (Å²) in [7, 11) is 1.51. The number of para-hydroxylation sites is 1. The molecule has 3 amide bonds. The Hall–Kier alpha value is -2.51. The number of benzene rings is 2. The molecule has 0 aromatic heterocycles. The van der Waals surface area contributed by atoms with E-state index in [0.717, 1.165) is 4.90 Å². The summed E-state index contributed by atoms with van der Waals surface area (Å²) >= 11 is 7.30. The Morgan fingerprint density at radius 3 is 2.41 bits per heavy atom. The van der Waals surface area contributed by atoms with Crippen LogP contribution in [0.1, 0.15) is 10.4 Å². The topological polar surface area (TPSA) is 78.5 Å². The van der Waals surface area contributed by atoms with Gasteiger partial charge in [0.15, 0.2) is 0 Å². The van der Waals surface area contributed by atoms with Crippen molar-refractivity contribution in [2.24, 2.45) is 0 Å². The highest BCUT2D eigenvalue weighted by Crippen LogP contribution is 2.24. The molecular formula is C19H20ClN3O3S. The molecule has 0 heterocycles. The van der Waals surface area contributed by atoms with Gasteiger partial charge in [-0.2, -0.15) is 0 Å². The van der Waals surface area contributed by atoms with E-state index in [2.05, 4.69) is 10.6 Å². The summed E-state index contributed by atoms with van der Waals surface area (Å²) in [4.78, 5) is 38.5. The van der Waals surface area contributed by atoms with Gasteiger partial charge in [0.25, 0.3) is 5.91 Å². The van der Waals surface area contributed by atoms with E-state index >= 15 is 0 Å². The lowest BCUT2D eigenvalue weighted by atomic mass is 10.2. The van der Waals surface area contributed by atoms with Crippen LogP contribution in [0.2, 0.25) is 5.02 Å². The molecular weight excluding hydrogens is 386 g/mol. The molecule has 0 unspecified atom stereocenters. The summed E-state index contributed by atoms with van der Waals surface area (Å²) in [5.74, 6) is -1.06. The van der Waals surface area contributed by atoms with Gasteiger partial charge in [-0.15, -0.1) is 11.8 Å². The summed E-state index contributed by atoms with van der Waals surface area (Å²) < 4.78 is 0. The SMILES string of the molecule is CSc1ccccc1NC(=O)CN(C)C(=O)CNC(=O)c1ccc(Cl)cc1. The van der Waals surface area contributed by atoms with Crippen molar-refractivity contribution in [1.29, 1.82) is 0 Å². The number of anilines is 1. The second-order valence-corrected chi connectivity index (χ2v) is 6.97. The highest BCUT2D eigenvalue weighted by molar-refractivity contribution is 7.98. The zero-order valence-electron chi connectivity index (χ0n) is 15.0. The van der Waals surface area contributed by atoms with E-state index in [1.807, 2.05) is 24.5 Å². The fourth-order valence-corrected chi connectivity index (χ4v) is 2.92. The Morgan fingerprint density at radius 1 is 1.07 bits per heavy atom. The molecule has 27 heavy (non-hydrogen) atoms. The molecule has 0 atom stereocenters. The number of halogens is 1. The lowest BCUT2D eigenvalue weighted by Crippen LogP contribution is -2.41. The Labute approximate surface area is 167 Å². The van der Waals surface area contributed by atoms with E-state index in [0.29, 0.717) is 16.3 Å². The van der Waals surface area contributed by atoms with E-state index in [1.54, 1.807) is 30.3 Å². The summed E-state index contributed by atoms with van der Waals surface area (Å²) in [6.45, 7) is -0.314. The molecule has 142 valence electrons. The first kappa shape index (κ1) is 20.8. The third-order valence-electron chi connectivity index (χ3n) is 3.69. The van der Waals surface area contributed by atoms with Crippen LogP contribution in [0, 0.1) is 0 Å².